The van der Waals surface area contributed by atoms with Gasteiger partial charge in [-0.25, -0.2) is 14.6 Å². The highest BCUT2D eigenvalue weighted by Crippen LogP contribution is 2.30. The third-order valence-corrected chi connectivity index (χ3v) is 5.77. The van der Waals surface area contributed by atoms with Gasteiger partial charge < -0.3 is 9.47 Å². The number of guanidine groups is 1. The molecule has 4 rings (SSSR count). The fourth-order valence-electron chi connectivity index (χ4n) is 3.08. The predicted octanol–water partition coefficient (Wildman–Crippen LogP) is 5.61. The molecule has 0 spiro atoms. The molecular weight excluding hydrogens is 452 g/mol. The lowest BCUT2D eigenvalue weighted by atomic mass is 10.2. The van der Waals surface area contributed by atoms with Crippen molar-refractivity contribution in [2.75, 3.05) is 4.90 Å². The number of amides is 2. The van der Waals surface area contributed by atoms with E-state index in [9.17, 15) is 9.59 Å². The molecule has 1 aromatic heterocycles. The number of aryl methyl sites for hydroxylation is 1. The van der Waals surface area contributed by atoms with Gasteiger partial charge in [0.1, 0.15) is 13.2 Å². The van der Waals surface area contributed by atoms with Crippen LogP contribution in [-0.2, 0) is 22.7 Å². The molecule has 2 N–H and O–H groups in total. The standard InChI is InChI=1S/C25H22N4O4S/c1-17-12-13-20-21(14-17)34-23(27-20)29(25(31)33-16-19-10-6-3-7-11-19)22(26)28-24(30)32-15-18-8-4-2-5-9-18/h2-14H,15-16H2,1H3,(H2,26,28,30). The molecule has 0 aliphatic carbocycles. The summed E-state index contributed by atoms with van der Waals surface area (Å²) >= 11 is 1.22. The number of thiazole rings is 1. The third kappa shape index (κ3) is 5.76. The molecule has 3 aromatic carbocycles. The van der Waals surface area contributed by atoms with E-state index in [0.29, 0.717) is 5.52 Å². The van der Waals surface area contributed by atoms with E-state index in [2.05, 4.69) is 10.3 Å². The second kappa shape index (κ2) is 10.6. The molecule has 0 radical (unpaired) electrons. The highest BCUT2D eigenvalue weighted by Gasteiger charge is 2.27. The van der Waals surface area contributed by atoms with Crippen LogP contribution in [-0.4, -0.2) is 23.1 Å². The molecule has 2 amide bonds. The monoisotopic (exact) mass is 474 g/mol. The molecular formula is C25H22N4O4S. The number of nitrogens with zero attached hydrogens (tertiary/aromatic N) is 2. The van der Waals surface area contributed by atoms with Crippen LogP contribution in [0.15, 0.2) is 78.9 Å². The van der Waals surface area contributed by atoms with Crippen LogP contribution < -0.4 is 10.2 Å². The third-order valence-electron chi connectivity index (χ3n) is 4.77. The summed E-state index contributed by atoms with van der Waals surface area (Å²) in [6, 6.07) is 24.0. The van der Waals surface area contributed by atoms with E-state index in [1.54, 1.807) is 0 Å². The fourth-order valence-corrected chi connectivity index (χ4v) is 4.14. The molecule has 34 heavy (non-hydrogen) atoms. The Hall–Kier alpha value is -4.24. The molecule has 0 bridgehead atoms. The lowest BCUT2D eigenvalue weighted by Gasteiger charge is -2.20. The van der Waals surface area contributed by atoms with Gasteiger partial charge in [-0.1, -0.05) is 78.1 Å². The molecule has 0 aliphatic rings. The highest BCUT2D eigenvalue weighted by atomic mass is 32.1. The van der Waals surface area contributed by atoms with E-state index in [0.717, 1.165) is 26.3 Å². The van der Waals surface area contributed by atoms with Gasteiger partial charge in [-0.15, -0.1) is 0 Å². The van der Waals surface area contributed by atoms with E-state index in [-0.39, 0.29) is 18.3 Å². The number of carbonyl (C=O) groups excluding carboxylic acids is 2. The maximum Gasteiger partial charge on any atom is 0.423 e. The number of fused-ring (bicyclic) bond motifs is 1. The molecule has 0 saturated heterocycles. The van der Waals surface area contributed by atoms with Gasteiger partial charge >= 0.3 is 12.2 Å². The predicted molar refractivity (Wildman–Crippen MR) is 131 cm³/mol. The summed E-state index contributed by atoms with van der Waals surface area (Å²) in [4.78, 5) is 30.7. The molecule has 1 heterocycles. The van der Waals surface area contributed by atoms with Crippen LogP contribution >= 0.6 is 11.3 Å². The zero-order chi connectivity index (χ0) is 23.9. The Morgan fingerprint density at radius 2 is 1.56 bits per heavy atom. The SMILES string of the molecule is Cc1ccc2nc(N(C(=N)NC(=O)OCc3ccccc3)C(=O)OCc3ccccc3)sc2c1. The van der Waals surface area contributed by atoms with Crippen molar-refractivity contribution in [3.8, 4) is 0 Å². The van der Waals surface area contributed by atoms with Crippen molar-refractivity contribution in [2.45, 2.75) is 20.1 Å². The Labute approximate surface area is 200 Å². The minimum atomic E-state index is -0.869. The number of carbonyl (C=O) groups is 2. The minimum absolute atomic E-state index is 0.00586. The van der Waals surface area contributed by atoms with E-state index < -0.39 is 18.1 Å². The smallest absolute Gasteiger partial charge is 0.423 e. The minimum Gasteiger partial charge on any atom is -0.444 e. The van der Waals surface area contributed by atoms with Gasteiger partial charge in [-0.2, -0.15) is 4.90 Å². The van der Waals surface area contributed by atoms with E-state index in [1.807, 2.05) is 85.8 Å². The van der Waals surface area contributed by atoms with Gasteiger partial charge in [0.15, 0.2) is 0 Å². The number of rotatable bonds is 5. The summed E-state index contributed by atoms with van der Waals surface area (Å²) in [5, 5.41) is 10.9. The van der Waals surface area contributed by atoms with Crippen LogP contribution in [0.1, 0.15) is 16.7 Å². The normalized spacial score (nSPS) is 10.5. The quantitative estimate of drug-likeness (QED) is 0.289. The van der Waals surface area contributed by atoms with Crippen LogP contribution in [0.3, 0.4) is 0 Å². The van der Waals surface area contributed by atoms with Gasteiger partial charge in [0.05, 0.1) is 10.2 Å². The molecule has 4 aromatic rings. The number of aromatic nitrogens is 1. The molecule has 0 fully saturated rings. The van der Waals surface area contributed by atoms with Crippen LogP contribution in [0.25, 0.3) is 10.2 Å². The summed E-state index contributed by atoms with van der Waals surface area (Å²) in [6.45, 7) is 1.99. The van der Waals surface area contributed by atoms with Crippen molar-refractivity contribution in [3.63, 3.8) is 0 Å². The second-order valence-electron chi connectivity index (χ2n) is 7.38. The Morgan fingerprint density at radius 1 is 0.941 bits per heavy atom. The molecule has 0 unspecified atom stereocenters. The summed E-state index contributed by atoms with van der Waals surface area (Å²) in [5.74, 6) is -0.521. The molecule has 8 nitrogen and oxygen atoms in total. The van der Waals surface area contributed by atoms with Crippen molar-refractivity contribution >= 4 is 44.8 Å². The Bertz CT molecular complexity index is 1310. The first kappa shape index (κ1) is 22.9. The molecule has 0 aliphatic heterocycles. The van der Waals surface area contributed by atoms with Crippen molar-refractivity contribution in [3.05, 3.63) is 95.6 Å². The highest BCUT2D eigenvalue weighted by molar-refractivity contribution is 7.22. The van der Waals surface area contributed by atoms with Crippen molar-refractivity contribution < 1.29 is 19.1 Å². The first-order chi connectivity index (χ1) is 16.5. The molecule has 0 atom stereocenters. The van der Waals surface area contributed by atoms with Gasteiger partial charge in [0.25, 0.3) is 0 Å². The fraction of sp³-hybridized carbons (Fsp3) is 0.120. The van der Waals surface area contributed by atoms with Crippen LogP contribution in [0.2, 0.25) is 0 Å². The number of ether oxygens (including phenoxy) is 2. The van der Waals surface area contributed by atoms with Gasteiger partial charge in [-0.05, 0) is 35.7 Å². The Balaban J connectivity index is 1.51. The summed E-state index contributed by atoms with van der Waals surface area (Å²) < 4.78 is 11.4. The Morgan fingerprint density at radius 3 is 2.21 bits per heavy atom. The molecule has 0 saturated carbocycles. The van der Waals surface area contributed by atoms with Gasteiger partial charge in [0, 0.05) is 0 Å². The van der Waals surface area contributed by atoms with E-state index in [1.165, 1.54) is 11.3 Å². The Kier molecular flexibility index (Phi) is 7.14. The summed E-state index contributed by atoms with van der Waals surface area (Å²) in [6.07, 6.45) is -1.71. The number of alkyl carbamates (subject to hydrolysis) is 1. The molecule has 172 valence electrons. The maximum atomic E-state index is 13.0. The summed E-state index contributed by atoms with van der Waals surface area (Å²) in [5.41, 5.74) is 3.30. The summed E-state index contributed by atoms with van der Waals surface area (Å²) in [7, 11) is 0. The number of hydrogen-bond acceptors (Lipinski definition) is 7. The lowest BCUT2D eigenvalue weighted by molar-refractivity contribution is 0.144. The van der Waals surface area contributed by atoms with Gasteiger partial charge in [0.2, 0.25) is 11.1 Å². The number of hydrogen-bond donors (Lipinski definition) is 2. The first-order valence-corrected chi connectivity index (χ1v) is 11.3. The van der Waals surface area contributed by atoms with E-state index >= 15 is 0 Å². The topological polar surface area (TPSA) is 105 Å². The average molecular weight is 475 g/mol. The van der Waals surface area contributed by atoms with Crippen LogP contribution in [0.4, 0.5) is 14.7 Å². The van der Waals surface area contributed by atoms with Crippen molar-refractivity contribution in [2.24, 2.45) is 0 Å². The number of nitrogens with one attached hydrogen (secondary N) is 2. The van der Waals surface area contributed by atoms with Crippen LogP contribution in [0.5, 0.6) is 0 Å². The number of benzene rings is 3. The largest absolute Gasteiger partial charge is 0.444 e. The number of anilines is 1. The lowest BCUT2D eigenvalue weighted by Crippen LogP contribution is -2.47. The second-order valence-corrected chi connectivity index (χ2v) is 8.39. The first-order valence-electron chi connectivity index (χ1n) is 10.4. The maximum absolute atomic E-state index is 13.0. The van der Waals surface area contributed by atoms with Crippen molar-refractivity contribution in [1.82, 2.24) is 10.3 Å². The zero-order valence-electron chi connectivity index (χ0n) is 18.4. The van der Waals surface area contributed by atoms with Gasteiger partial charge in [-0.3, -0.25) is 10.7 Å². The zero-order valence-corrected chi connectivity index (χ0v) is 19.2. The average Bonchev–Trinajstić information content (AvgIpc) is 3.25. The molecule has 9 heteroatoms. The van der Waals surface area contributed by atoms with E-state index in [4.69, 9.17) is 14.9 Å². The van der Waals surface area contributed by atoms with Crippen LogP contribution in [0, 0.1) is 12.3 Å². The van der Waals surface area contributed by atoms with Crippen molar-refractivity contribution in [1.29, 1.82) is 5.41 Å².